The number of quaternary nitrogens is 2. The summed E-state index contributed by atoms with van der Waals surface area (Å²) in [5.74, 6) is 1.40. The van der Waals surface area contributed by atoms with Crippen LogP contribution in [0.25, 0.3) is 11.3 Å². The summed E-state index contributed by atoms with van der Waals surface area (Å²) in [4.78, 5) is 11.6. The minimum atomic E-state index is -0.309. The number of nitrogens with two attached hydrogens (primary N) is 2. The zero-order valence-electron chi connectivity index (χ0n) is 14.0. The molecule has 0 aliphatic carbocycles. The van der Waals surface area contributed by atoms with Crippen LogP contribution >= 0.6 is 0 Å². The number of aliphatic hydroxyl groups is 1. The highest BCUT2D eigenvalue weighted by Crippen LogP contribution is 2.22. The third kappa shape index (κ3) is 5.49. The van der Waals surface area contributed by atoms with Crippen molar-refractivity contribution in [2.75, 3.05) is 32.8 Å². The van der Waals surface area contributed by atoms with Crippen LogP contribution in [0, 0.1) is 0 Å². The molecular weight excluding hydrogens is 308 g/mol. The lowest BCUT2D eigenvalue weighted by atomic mass is 10.1. The molecule has 0 bridgehead atoms. The summed E-state index contributed by atoms with van der Waals surface area (Å²) in [5.41, 5.74) is 1.48. The molecule has 130 valence electrons. The molecule has 1 aromatic heterocycles. The Labute approximate surface area is 141 Å². The van der Waals surface area contributed by atoms with Gasteiger partial charge in [0.2, 0.25) is 0 Å². The van der Waals surface area contributed by atoms with Gasteiger partial charge in [0.1, 0.15) is 25.4 Å². The van der Waals surface area contributed by atoms with E-state index in [0.717, 1.165) is 43.3 Å². The minimum absolute atomic E-state index is 0.219. The summed E-state index contributed by atoms with van der Waals surface area (Å²) in [6.07, 6.45) is 0. The highest BCUT2D eigenvalue weighted by molar-refractivity contribution is 5.89. The van der Waals surface area contributed by atoms with E-state index in [0.29, 0.717) is 12.2 Å². The first kappa shape index (κ1) is 18.2. The number of carbonyl (C=O) groups excluding carboxylic acids is 1. The summed E-state index contributed by atoms with van der Waals surface area (Å²) in [6.45, 7) is 5.87. The molecule has 0 atom stereocenters. The molecular formula is C18H26N2O4+2. The number of hydrogen-bond acceptors (Lipinski definition) is 4. The van der Waals surface area contributed by atoms with Crippen LogP contribution < -0.4 is 10.6 Å². The van der Waals surface area contributed by atoms with Crippen LogP contribution in [0.2, 0.25) is 0 Å². The Morgan fingerprint density at radius 2 is 1.83 bits per heavy atom. The Morgan fingerprint density at radius 1 is 1.08 bits per heavy atom. The molecule has 0 fully saturated rings. The van der Waals surface area contributed by atoms with Gasteiger partial charge in [0, 0.05) is 5.56 Å². The fourth-order valence-corrected chi connectivity index (χ4v) is 2.34. The van der Waals surface area contributed by atoms with Crippen LogP contribution in [0.3, 0.4) is 0 Å². The van der Waals surface area contributed by atoms with E-state index < -0.39 is 0 Å². The number of rotatable bonds is 10. The van der Waals surface area contributed by atoms with E-state index in [1.807, 2.05) is 24.3 Å². The van der Waals surface area contributed by atoms with Crippen molar-refractivity contribution in [2.24, 2.45) is 0 Å². The Balaban J connectivity index is 1.85. The van der Waals surface area contributed by atoms with Crippen LogP contribution in [0.5, 0.6) is 0 Å². The number of esters is 1. The van der Waals surface area contributed by atoms with E-state index >= 15 is 0 Å². The molecule has 0 spiro atoms. The maximum absolute atomic E-state index is 11.6. The van der Waals surface area contributed by atoms with Gasteiger partial charge in [-0.15, -0.1) is 0 Å². The SMILES string of the molecule is CCOC(=O)c1ccc(-c2ccc(C[NH2+]CC[NH2+]CCO)o2)cc1. The molecule has 0 unspecified atom stereocenters. The van der Waals surface area contributed by atoms with Crippen LogP contribution in [-0.2, 0) is 11.3 Å². The van der Waals surface area contributed by atoms with E-state index in [9.17, 15) is 4.79 Å². The predicted octanol–water partition coefficient (Wildman–Crippen LogP) is -0.258. The Morgan fingerprint density at radius 3 is 2.54 bits per heavy atom. The Hall–Kier alpha value is -2.15. The van der Waals surface area contributed by atoms with Crippen molar-refractivity contribution < 1.29 is 29.7 Å². The molecule has 6 nitrogen and oxygen atoms in total. The Bertz CT molecular complexity index is 622. The molecule has 0 aliphatic rings. The molecule has 0 radical (unpaired) electrons. The van der Waals surface area contributed by atoms with Gasteiger partial charge in [0.05, 0.1) is 25.3 Å². The number of carbonyl (C=O) groups is 1. The fourth-order valence-electron chi connectivity index (χ4n) is 2.34. The molecule has 0 saturated heterocycles. The summed E-state index contributed by atoms with van der Waals surface area (Å²) >= 11 is 0. The van der Waals surface area contributed by atoms with Gasteiger partial charge in [0.25, 0.3) is 0 Å². The summed E-state index contributed by atoms with van der Waals surface area (Å²) in [6, 6.07) is 11.1. The van der Waals surface area contributed by atoms with Gasteiger partial charge >= 0.3 is 5.97 Å². The van der Waals surface area contributed by atoms with Crippen molar-refractivity contribution in [3.63, 3.8) is 0 Å². The molecule has 0 saturated carbocycles. The number of benzene rings is 1. The molecule has 1 heterocycles. The van der Waals surface area contributed by atoms with E-state index in [-0.39, 0.29) is 12.6 Å². The summed E-state index contributed by atoms with van der Waals surface area (Å²) < 4.78 is 10.8. The van der Waals surface area contributed by atoms with Crippen LogP contribution in [0.15, 0.2) is 40.8 Å². The number of ether oxygens (including phenoxy) is 1. The predicted molar refractivity (Wildman–Crippen MR) is 89.3 cm³/mol. The van der Waals surface area contributed by atoms with Gasteiger partial charge in [-0.05, 0) is 31.2 Å². The van der Waals surface area contributed by atoms with Gasteiger partial charge in [-0.2, -0.15) is 0 Å². The topological polar surface area (TPSA) is 92.9 Å². The van der Waals surface area contributed by atoms with Crippen molar-refractivity contribution in [3.05, 3.63) is 47.7 Å². The van der Waals surface area contributed by atoms with E-state index in [2.05, 4.69) is 10.6 Å². The van der Waals surface area contributed by atoms with Gasteiger partial charge in [-0.25, -0.2) is 4.79 Å². The first-order valence-electron chi connectivity index (χ1n) is 8.35. The second kappa shape index (κ2) is 9.87. The zero-order valence-corrected chi connectivity index (χ0v) is 14.0. The standard InChI is InChI=1S/C18H24N2O4/c1-2-23-18(22)15-5-3-14(4-6-15)17-8-7-16(24-17)13-20-10-9-19-11-12-21/h3-8,19-21H,2,9-13H2,1H3/p+2. The van der Waals surface area contributed by atoms with Gasteiger partial charge in [-0.1, -0.05) is 12.1 Å². The van der Waals surface area contributed by atoms with Crippen LogP contribution in [-0.4, -0.2) is 43.9 Å². The maximum atomic E-state index is 11.6. The fraction of sp³-hybridized carbons (Fsp3) is 0.389. The molecule has 0 amide bonds. The number of aliphatic hydroxyl groups excluding tert-OH is 1. The normalized spacial score (nSPS) is 10.8. The smallest absolute Gasteiger partial charge is 0.338 e. The van der Waals surface area contributed by atoms with Gasteiger partial charge < -0.3 is 24.9 Å². The largest absolute Gasteiger partial charge is 0.462 e. The summed E-state index contributed by atoms with van der Waals surface area (Å²) in [7, 11) is 0. The zero-order chi connectivity index (χ0) is 17.2. The molecule has 5 N–H and O–H groups in total. The van der Waals surface area contributed by atoms with E-state index in [1.165, 1.54) is 0 Å². The van der Waals surface area contributed by atoms with Gasteiger partial charge in [0.15, 0.2) is 5.76 Å². The van der Waals surface area contributed by atoms with E-state index in [4.69, 9.17) is 14.3 Å². The molecule has 2 rings (SSSR count). The summed E-state index contributed by atoms with van der Waals surface area (Å²) in [5, 5.41) is 13.0. The van der Waals surface area contributed by atoms with Gasteiger partial charge in [-0.3, -0.25) is 0 Å². The third-order valence-electron chi connectivity index (χ3n) is 3.60. The maximum Gasteiger partial charge on any atom is 0.338 e. The molecule has 2 aromatic rings. The quantitative estimate of drug-likeness (QED) is 0.412. The number of hydrogen-bond donors (Lipinski definition) is 3. The lowest BCUT2D eigenvalue weighted by Gasteiger charge is -2.02. The number of furan rings is 1. The molecule has 0 aliphatic heterocycles. The third-order valence-corrected chi connectivity index (χ3v) is 3.60. The molecule has 24 heavy (non-hydrogen) atoms. The Kier molecular flexibility index (Phi) is 7.48. The average Bonchev–Trinajstić information content (AvgIpc) is 3.07. The van der Waals surface area contributed by atoms with Crippen molar-refractivity contribution >= 4 is 5.97 Å². The minimum Gasteiger partial charge on any atom is -0.462 e. The first-order chi connectivity index (χ1) is 11.7. The average molecular weight is 334 g/mol. The van der Waals surface area contributed by atoms with Crippen molar-refractivity contribution in [2.45, 2.75) is 13.5 Å². The highest BCUT2D eigenvalue weighted by Gasteiger charge is 2.09. The lowest BCUT2D eigenvalue weighted by Crippen LogP contribution is -2.94. The van der Waals surface area contributed by atoms with Crippen molar-refractivity contribution in [3.8, 4) is 11.3 Å². The monoisotopic (exact) mass is 334 g/mol. The molecule has 6 heteroatoms. The second-order valence-electron chi connectivity index (χ2n) is 5.43. The van der Waals surface area contributed by atoms with Crippen LogP contribution in [0.4, 0.5) is 0 Å². The van der Waals surface area contributed by atoms with E-state index in [1.54, 1.807) is 19.1 Å². The van der Waals surface area contributed by atoms with Crippen LogP contribution in [0.1, 0.15) is 23.0 Å². The van der Waals surface area contributed by atoms with Crippen molar-refractivity contribution in [1.29, 1.82) is 0 Å². The first-order valence-corrected chi connectivity index (χ1v) is 8.35. The second-order valence-corrected chi connectivity index (χ2v) is 5.43. The highest BCUT2D eigenvalue weighted by atomic mass is 16.5. The molecule has 1 aromatic carbocycles. The van der Waals surface area contributed by atoms with Crippen molar-refractivity contribution in [1.82, 2.24) is 0 Å². The lowest BCUT2D eigenvalue weighted by molar-refractivity contribution is -0.732.